The Morgan fingerprint density at radius 1 is 1.19 bits per heavy atom. The monoisotopic (exact) mass is 290 g/mol. The Morgan fingerprint density at radius 2 is 1.76 bits per heavy atom. The number of fused-ring (bicyclic) bond motifs is 1. The molecule has 0 saturated carbocycles. The van der Waals surface area contributed by atoms with Crippen molar-refractivity contribution in [2.45, 2.75) is 39.2 Å². The zero-order chi connectivity index (χ0) is 15.4. The molecule has 0 heterocycles. The molecule has 1 aliphatic rings. The van der Waals surface area contributed by atoms with Gasteiger partial charge >= 0.3 is 0 Å². The number of benzene rings is 1. The summed E-state index contributed by atoms with van der Waals surface area (Å²) in [5.74, 6) is -1.61. The van der Waals surface area contributed by atoms with Gasteiger partial charge in [0.15, 0.2) is 0 Å². The fourth-order valence-electron chi connectivity index (χ4n) is 2.85. The third-order valence-electron chi connectivity index (χ3n) is 3.85. The van der Waals surface area contributed by atoms with Crippen LogP contribution in [0.5, 0.6) is 0 Å². The van der Waals surface area contributed by atoms with E-state index in [1.165, 1.54) is 11.1 Å². The second-order valence-corrected chi connectivity index (χ2v) is 6.04. The maximum absolute atomic E-state index is 12.3. The molecular weight excluding hydrogens is 268 g/mol. The van der Waals surface area contributed by atoms with Gasteiger partial charge in [-0.2, -0.15) is 0 Å². The fraction of sp³-hybridized carbons (Fsp3) is 0.500. The van der Waals surface area contributed by atoms with Crippen molar-refractivity contribution in [2.24, 2.45) is 11.8 Å². The Morgan fingerprint density at radius 3 is 2.24 bits per heavy atom. The zero-order valence-corrected chi connectivity index (χ0v) is 12.4. The van der Waals surface area contributed by atoms with Gasteiger partial charge in [-0.05, 0) is 36.3 Å². The van der Waals surface area contributed by atoms with Crippen LogP contribution in [0.25, 0.3) is 0 Å². The number of hydrogen-bond donors (Lipinski definition) is 3. The molecule has 2 rings (SSSR count). The number of hydroxylamine groups is 1. The summed E-state index contributed by atoms with van der Waals surface area (Å²) in [6.45, 7) is 3.88. The molecule has 21 heavy (non-hydrogen) atoms. The van der Waals surface area contributed by atoms with Crippen LogP contribution in [0.4, 0.5) is 0 Å². The van der Waals surface area contributed by atoms with Gasteiger partial charge in [0.2, 0.25) is 5.91 Å². The molecule has 0 spiro atoms. The first-order chi connectivity index (χ1) is 10.0. The van der Waals surface area contributed by atoms with Crippen LogP contribution in [0.1, 0.15) is 31.4 Å². The summed E-state index contributed by atoms with van der Waals surface area (Å²) < 4.78 is 0. The van der Waals surface area contributed by atoms with Crippen molar-refractivity contribution in [2.75, 3.05) is 0 Å². The molecule has 0 aromatic heterocycles. The highest BCUT2D eigenvalue weighted by atomic mass is 16.5. The van der Waals surface area contributed by atoms with Crippen LogP contribution in [0.15, 0.2) is 24.3 Å². The maximum Gasteiger partial charge on any atom is 0.255 e. The largest absolute Gasteiger partial charge is 0.352 e. The molecule has 1 aliphatic carbocycles. The van der Waals surface area contributed by atoms with E-state index in [0.717, 1.165) is 12.8 Å². The highest BCUT2D eigenvalue weighted by Crippen LogP contribution is 2.22. The fourth-order valence-corrected chi connectivity index (χ4v) is 2.85. The second kappa shape index (κ2) is 6.72. The molecule has 0 bridgehead atoms. The van der Waals surface area contributed by atoms with E-state index in [-0.39, 0.29) is 17.9 Å². The lowest BCUT2D eigenvalue weighted by molar-refractivity contribution is -0.141. The molecule has 2 amide bonds. The number of carbonyl (C=O) groups is 2. The number of amides is 2. The van der Waals surface area contributed by atoms with Crippen LogP contribution >= 0.6 is 0 Å². The van der Waals surface area contributed by atoms with Gasteiger partial charge in [0.1, 0.15) is 5.92 Å². The highest BCUT2D eigenvalue weighted by Gasteiger charge is 2.30. The van der Waals surface area contributed by atoms with E-state index in [2.05, 4.69) is 17.4 Å². The van der Waals surface area contributed by atoms with E-state index in [0.29, 0.717) is 6.42 Å². The summed E-state index contributed by atoms with van der Waals surface area (Å²) in [7, 11) is 0. The summed E-state index contributed by atoms with van der Waals surface area (Å²) in [5.41, 5.74) is 4.08. The lowest BCUT2D eigenvalue weighted by Crippen LogP contribution is -2.45. The van der Waals surface area contributed by atoms with Crippen LogP contribution in [-0.2, 0) is 22.4 Å². The Bertz CT molecular complexity index is 503. The lowest BCUT2D eigenvalue weighted by atomic mass is 9.95. The van der Waals surface area contributed by atoms with Crippen molar-refractivity contribution in [3.63, 3.8) is 0 Å². The molecule has 3 N–H and O–H groups in total. The van der Waals surface area contributed by atoms with Gasteiger partial charge in [-0.3, -0.25) is 14.8 Å². The van der Waals surface area contributed by atoms with E-state index in [4.69, 9.17) is 5.21 Å². The molecule has 0 saturated heterocycles. The highest BCUT2D eigenvalue weighted by molar-refractivity contribution is 6.00. The third kappa shape index (κ3) is 3.82. The minimum Gasteiger partial charge on any atom is -0.352 e. The molecule has 1 atom stereocenters. The van der Waals surface area contributed by atoms with Crippen molar-refractivity contribution in [3.8, 4) is 0 Å². The van der Waals surface area contributed by atoms with Gasteiger partial charge in [0.25, 0.3) is 5.91 Å². The lowest BCUT2D eigenvalue weighted by Gasteiger charge is -2.19. The average Bonchev–Trinajstić information content (AvgIpc) is 2.85. The Hall–Kier alpha value is -1.88. The quantitative estimate of drug-likeness (QED) is 0.436. The van der Waals surface area contributed by atoms with Crippen molar-refractivity contribution >= 4 is 11.8 Å². The Kier molecular flexibility index (Phi) is 4.96. The predicted octanol–water partition coefficient (Wildman–Crippen LogP) is 1.44. The maximum atomic E-state index is 12.3. The third-order valence-corrected chi connectivity index (χ3v) is 3.85. The normalized spacial score (nSPS) is 15.6. The zero-order valence-electron chi connectivity index (χ0n) is 12.4. The summed E-state index contributed by atoms with van der Waals surface area (Å²) in [6.07, 6.45) is 1.99. The van der Waals surface area contributed by atoms with E-state index < -0.39 is 11.8 Å². The van der Waals surface area contributed by atoms with Crippen LogP contribution in [-0.4, -0.2) is 23.1 Å². The molecule has 0 aliphatic heterocycles. The van der Waals surface area contributed by atoms with E-state index in [1.54, 1.807) is 5.48 Å². The molecular formula is C16H22N2O3. The van der Waals surface area contributed by atoms with Gasteiger partial charge in [-0.1, -0.05) is 38.1 Å². The van der Waals surface area contributed by atoms with E-state index in [9.17, 15) is 9.59 Å². The first-order valence-electron chi connectivity index (χ1n) is 7.32. The minimum atomic E-state index is -0.848. The van der Waals surface area contributed by atoms with Crippen molar-refractivity contribution in [1.82, 2.24) is 10.8 Å². The molecule has 0 fully saturated rings. The van der Waals surface area contributed by atoms with Gasteiger partial charge in [-0.15, -0.1) is 0 Å². The first kappa shape index (κ1) is 15.5. The van der Waals surface area contributed by atoms with Crippen molar-refractivity contribution < 1.29 is 14.8 Å². The van der Waals surface area contributed by atoms with Crippen molar-refractivity contribution in [3.05, 3.63) is 35.4 Å². The molecule has 1 aromatic carbocycles. The first-order valence-corrected chi connectivity index (χ1v) is 7.32. The summed E-state index contributed by atoms with van der Waals surface area (Å²) >= 11 is 0. The Balaban J connectivity index is 1.98. The summed E-state index contributed by atoms with van der Waals surface area (Å²) in [6, 6.07) is 8.13. The number of carbonyl (C=O) groups excluding carboxylic acids is 2. The second-order valence-electron chi connectivity index (χ2n) is 6.04. The number of nitrogens with one attached hydrogen (secondary N) is 2. The van der Waals surface area contributed by atoms with Crippen LogP contribution < -0.4 is 10.8 Å². The van der Waals surface area contributed by atoms with Gasteiger partial charge in [0, 0.05) is 6.04 Å². The number of hydrogen-bond acceptors (Lipinski definition) is 3. The van der Waals surface area contributed by atoms with Gasteiger partial charge < -0.3 is 5.32 Å². The van der Waals surface area contributed by atoms with Crippen LogP contribution in [0, 0.1) is 11.8 Å². The van der Waals surface area contributed by atoms with Gasteiger partial charge in [-0.25, -0.2) is 5.48 Å². The molecule has 1 unspecified atom stereocenters. The molecule has 0 radical (unpaired) electrons. The smallest absolute Gasteiger partial charge is 0.255 e. The molecule has 114 valence electrons. The van der Waals surface area contributed by atoms with E-state index in [1.807, 2.05) is 26.0 Å². The minimum absolute atomic E-state index is 0.0241. The van der Waals surface area contributed by atoms with Gasteiger partial charge in [0.05, 0.1) is 0 Å². The standard InChI is InChI=1S/C16H22N2O3/c1-10(2)7-14(16(20)18-21)15(19)17-13-8-11-5-3-4-6-12(11)9-13/h3-6,10,13-14,21H,7-9H2,1-2H3,(H,17,19)(H,18,20). The number of rotatable bonds is 5. The summed E-state index contributed by atoms with van der Waals surface area (Å²) in [4.78, 5) is 24.0. The average molecular weight is 290 g/mol. The Labute approximate surface area is 124 Å². The molecule has 5 heteroatoms. The van der Waals surface area contributed by atoms with Crippen LogP contribution in [0.2, 0.25) is 0 Å². The SMILES string of the molecule is CC(C)CC(C(=O)NO)C(=O)NC1Cc2ccccc2C1. The molecule has 5 nitrogen and oxygen atoms in total. The summed E-state index contributed by atoms with van der Waals surface area (Å²) in [5, 5.41) is 11.7. The topological polar surface area (TPSA) is 78.4 Å². The molecule has 1 aromatic rings. The van der Waals surface area contributed by atoms with Crippen LogP contribution in [0.3, 0.4) is 0 Å². The van der Waals surface area contributed by atoms with E-state index >= 15 is 0 Å². The van der Waals surface area contributed by atoms with Crippen molar-refractivity contribution in [1.29, 1.82) is 0 Å². The predicted molar refractivity (Wildman–Crippen MR) is 78.7 cm³/mol.